The Balaban J connectivity index is 2.00. The van der Waals surface area contributed by atoms with E-state index in [0.29, 0.717) is 0 Å². The predicted molar refractivity (Wildman–Crippen MR) is 145 cm³/mol. The van der Waals surface area contributed by atoms with Gasteiger partial charge < -0.3 is 4.90 Å². The molecule has 4 nitrogen and oxygen atoms in total. The van der Waals surface area contributed by atoms with E-state index in [4.69, 9.17) is 11.6 Å². The number of fused-ring (bicyclic) bond motifs is 1. The zero-order chi connectivity index (χ0) is 24.9. The summed E-state index contributed by atoms with van der Waals surface area (Å²) >= 11 is 6.70. The largest absolute Gasteiger partial charge is 0.344 e. The molecule has 0 heterocycles. The van der Waals surface area contributed by atoms with Gasteiger partial charge >= 0.3 is 0 Å². The molecule has 0 saturated carbocycles. The van der Waals surface area contributed by atoms with E-state index in [9.17, 15) is 13.0 Å². The van der Waals surface area contributed by atoms with Gasteiger partial charge in [-0.1, -0.05) is 72.3 Å². The number of benzene rings is 2. The third kappa shape index (κ3) is 6.72. The zero-order valence-corrected chi connectivity index (χ0v) is 21.6. The maximum absolute atomic E-state index is 11.5. The van der Waals surface area contributed by atoms with Crippen LogP contribution in [-0.2, 0) is 10.1 Å². The molecule has 0 amide bonds. The molecule has 34 heavy (non-hydrogen) atoms. The average Bonchev–Trinajstić information content (AvgIpc) is 2.78. The molecule has 2 aromatic carbocycles. The minimum absolute atomic E-state index is 0.139. The lowest BCUT2D eigenvalue weighted by molar-refractivity contribution is 0.483. The fourth-order valence-electron chi connectivity index (χ4n) is 4.16. The summed E-state index contributed by atoms with van der Waals surface area (Å²) in [5.41, 5.74) is 5.95. The van der Waals surface area contributed by atoms with Crippen LogP contribution < -0.4 is 4.90 Å². The Morgan fingerprint density at radius 1 is 1.18 bits per heavy atom. The first-order valence-corrected chi connectivity index (χ1v) is 13.4. The topological polar surface area (TPSA) is 57.6 Å². The van der Waals surface area contributed by atoms with Crippen LogP contribution in [0.25, 0.3) is 10.8 Å². The first-order valence-electron chi connectivity index (χ1n) is 11.4. The number of halogens is 1. The molecule has 0 fully saturated rings. The van der Waals surface area contributed by atoms with Crippen LogP contribution in [0, 0.1) is 6.92 Å². The molecule has 0 aromatic heterocycles. The Morgan fingerprint density at radius 2 is 1.91 bits per heavy atom. The summed E-state index contributed by atoms with van der Waals surface area (Å²) in [7, 11) is -4.11. The van der Waals surface area contributed by atoms with Crippen LogP contribution in [0.4, 0.5) is 5.69 Å². The second-order valence-corrected chi connectivity index (χ2v) is 10.7. The number of allylic oxidation sites excluding steroid dienone is 9. The van der Waals surface area contributed by atoms with Crippen LogP contribution in [0.2, 0.25) is 0 Å². The first kappa shape index (κ1) is 26.0. The van der Waals surface area contributed by atoms with Gasteiger partial charge in [0.1, 0.15) is 0 Å². The van der Waals surface area contributed by atoms with Gasteiger partial charge in [0.15, 0.2) is 0 Å². The minimum atomic E-state index is -4.11. The first-order chi connectivity index (χ1) is 16.1. The third-order valence-corrected chi connectivity index (χ3v) is 7.19. The van der Waals surface area contributed by atoms with E-state index >= 15 is 0 Å². The highest BCUT2D eigenvalue weighted by Crippen LogP contribution is 2.34. The van der Waals surface area contributed by atoms with Gasteiger partial charge in [-0.25, -0.2) is 0 Å². The van der Waals surface area contributed by atoms with Gasteiger partial charge in [-0.2, -0.15) is 8.42 Å². The summed E-state index contributed by atoms with van der Waals surface area (Å²) in [6, 6.07) is 12.1. The molecule has 0 unspecified atom stereocenters. The number of anilines is 1. The molecule has 0 bridgehead atoms. The summed E-state index contributed by atoms with van der Waals surface area (Å²) in [6.07, 6.45) is 10.8. The molecule has 6 heteroatoms. The van der Waals surface area contributed by atoms with Crippen molar-refractivity contribution >= 4 is 38.2 Å². The molecular formula is C28H32ClNO3S. The van der Waals surface area contributed by atoms with Crippen molar-refractivity contribution in [2.24, 2.45) is 0 Å². The Labute approximate surface area is 208 Å². The lowest BCUT2D eigenvalue weighted by Gasteiger charge is -2.27. The van der Waals surface area contributed by atoms with Gasteiger partial charge in [-0.15, -0.1) is 0 Å². The van der Waals surface area contributed by atoms with Gasteiger partial charge in [-0.3, -0.25) is 4.55 Å². The fourth-order valence-corrected chi connectivity index (χ4v) is 4.89. The van der Waals surface area contributed by atoms with Crippen LogP contribution >= 0.6 is 11.6 Å². The van der Waals surface area contributed by atoms with E-state index in [1.165, 1.54) is 0 Å². The highest BCUT2D eigenvalue weighted by atomic mass is 35.5. The van der Waals surface area contributed by atoms with Crippen molar-refractivity contribution in [1.82, 2.24) is 0 Å². The highest BCUT2D eigenvalue weighted by molar-refractivity contribution is 7.85. The number of aryl methyl sites for hydroxylation is 1. The summed E-state index contributed by atoms with van der Waals surface area (Å²) in [5.74, 6) is -0.364. The second-order valence-electron chi connectivity index (χ2n) is 8.74. The molecule has 180 valence electrons. The van der Waals surface area contributed by atoms with Crippen LogP contribution in [-0.4, -0.2) is 25.3 Å². The molecule has 1 aliphatic rings. The van der Waals surface area contributed by atoms with Crippen LogP contribution in [0.15, 0.2) is 94.7 Å². The van der Waals surface area contributed by atoms with Crippen LogP contribution in [0.5, 0.6) is 0 Å². The van der Waals surface area contributed by atoms with Crippen LogP contribution in [0.1, 0.15) is 38.7 Å². The van der Waals surface area contributed by atoms with Crippen molar-refractivity contribution < 1.29 is 13.0 Å². The lowest BCUT2D eigenvalue weighted by Crippen LogP contribution is -2.28. The van der Waals surface area contributed by atoms with Gasteiger partial charge in [-0.05, 0) is 79.7 Å². The Hall–Kier alpha value is -2.60. The normalized spacial score (nSPS) is 16.6. The molecule has 0 atom stereocenters. The van der Waals surface area contributed by atoms with Crippen molar-refractivity contribution in [2.75, 3.05) is 17.2 Å². The van der Waals surface area contributed by atoms with E-state index in [-0.39, 0.29) is 12.3 Å². The summed E-state index contributed by atoms with van der Waals surface area (Å²) in [6.45, 7) is 9.97. The van der Waals surface area contributed by atoms with Crippen molar-refractivity contribution in [2.45, 2.75) is 40.0 Å². The average molecular weight is 498 g/mol. The molecule has 0 radical (unpaired) electrons. The lowest BCUT2D eigenvalue weighted by atomic mass is 9.94. The maximum atomic E-state index is 11.5. The molecule has 0 spiro atoms. The van der Waals surface area contributed by atoms with Crippen LogP contribution in [0.3, 0.4) is 0 Å². The smallest absolute Gasteiger partial charge is 0.266 e. The minimum Gasteiger partial charge on any atom is -0.344 e. The Kier molecular flexibility index (Phi) is 8.58. The van der Waals surface area contributed by atoms with E-state index < -0.39 is 10.1 Å². The van der Waals surface area contributed by atoms with Crippen molar-refractivity contribution in [3.8, 4) is 0 Å². The molecule has 2 aromatic rings. The summed E-state index contributed by atoms with van der Waals surface area (Å²) < 4.78 is 32.5. The molecular weight excluding hydrogens is 466 g/mol. The van der Waals surface area contributed by atoms with E-state index in [1.54, 1.807) is 0 Å². The van der Waals surface area contributed by atoms with Gasteiger partial charge in [0, 0.05) is 23.0 Å². The van der Waals surface area contributed by atoms with E-state index in [0.717, 1.165) is 68.7 Å². The Morgan fingerprint density at radius 3 is 2.62 bits per heavy atom. The number of rotatable bonds is 8. The quantitative estimate of drug-likeness (QED) is 0.303. The summed E-state index contributed by atoms with van der Waals surface area (Å²) in [4.78, 5) is 1.94. The maximum Gasteiger partial charge on any atom is 0.266 e. The number of hydrogen-bond acceptors (Lipinski definition) is 3. The van der Waals surface area contributed by atoms with Crippen molar-refractivity contribution in [3.05, 3.63) is 100 Å². The van der Waals surface area contributed by atoms with E-state index in [2.05, 4.69) is 18.7 Å². The predicted octanol–water partition coefficient (Wildman–Crippen LogP) is 7.48. The Bertz CT molecular complexity index is 1320. The van der Waals surface area contributed by atoms with Crippen molar-refractivity contribution in [1.29, 1.82) is 0 Å². The van der Waals surface area contributed by atoms with Gasteiger partial charge in [0.25, 0.3) is 10.1 Å². The number of hydrogen-bond donors (Lipinski definition) is 1. The second kappa shape index (κ2) is 11.2. The molecule has 0 aliphatic heterocycles. The standard InChI is InChI=1S/C28H32ClNO3S/c1-20(2)12-14-24-9-7-10-25(28(24)29)15-13-21(3)30(18-19-34(31,32)33)27-17-16-23-8-5-6-11-26(23)22(27)4/h5-6,8,11-17H,1,7,9-10,18-19H2,2-4H3,(H,31,32,33)/b14-12+,21-13+,25-15+. The monoisotopic (exact) mass is 497 g/mol. The number of nitrogens with zero attached hydrogens (tertiary/aromatic N) is 1. The SMILES string of the molecule is C=C(C)/C=C/C1=C(Cl)C(=C/C=C(\C)N(CCS(=O)(=O)O)c2ccc3ccccc3c2C)/CCC1. The highest BCUT2D eigenvalue weighted by Gasteiger charge is 2.17. The molecule has 0 saturated heterocycles. The summed E-state index contributed by atoms with van der Waals surface area (Å²) in [5, 5.41) is 2.99. The molecule has 1 aliphatic carbocycles. The third-order valence-electron chi connectivity index (χ3n) is 6.01. The molecule has 3 rings (SSSR count). The van der Waals surface area contributed by atoms with Crippen molar-refractivity contribution in [3.63, 3.8) is 0 Å². The van der Waals surface area contributed by atoms with Gasteiger partial charge in [0.05, 0.1) is 5.75 Å². The van der Waals surface area contributed by atoms with E-state index in [1.807, 2.05) is 74.2 Å². The zero-order valence-electron chi connectivity index (χ0n) is 20.0. The van der Waals surface area contributed by atoms with Gasteiger partial charge in [0.2, 0.25) is 0 Å². The molecule has 1 N–H and O–H groups in total. The fraction of sp³-hybridized carbons (Fsp3) is 0.286.